The van der Waals surface area contributed by atoms with Crippen LogP contribution in [0, 0.1) is 0 Å². The number of carboxylic acids is 1. The quantitative estimate of drug-likeness (QED) is 0.889. The summed E-state index contributed by atoms with van der Waals surface area (Å²) in [6.45, 7) is 5.63. The van der Waals surface area contributed by atoms with Gasteiger partial charge in [-0.3, -0.25) is 9.58 Å². The van der Waals surface area contributed by atoms with E-state index < -0.39 is 5.97 Å². The monoisotopic (exact) mass is 293 g/mol. The van der Waals surface area contributed by atoms with Crippen molar-refractivity contribution in [3.05, 3.63) is 39.8 Å². The summed E-state index contributed by atoms with van der Waals surface area (Å²) in [5.41, 5.74) is 1.02. The zero-order chi connectivity index (χ0) is 14.7. The van der Waals surface area contributed by atoms with Crippen molar-refractivity contribution >= 4 is 17.3 Å². The Kier molecular flexibility index (Phi) is 4.57. The minimum atomic E-state index is -0.923. The van der Waals surface area contributed by atoms with Crippen LogP contribution in [0.25, 0.3) is 0 Å². The molecule has 2 aromatic heterocycles. The molecule has 0 amide bonds. The maximum atomic E-state index is 11.2. The van der Waals surface area contributed by atoms with Gasteiger partial charge in [0.2, 0.25) is 0 Å². The van der Waals surface area contributed by atoms with E-state index >= 15 is 0 Å². The van der Waals surface area contributed by atoms with Crippen LogP contribution < -0.4 is 0 Å². The molecule has 2 heterocycles. The van der Waals surface area contributed by atoms with Crippen molar-refractivity contribution in [1.29, 1.82) is 0 Å². The van der Waals surface area contributed by atoms with Crippen LogP contribution in [0.15, 0.2) is 23.7 Å². The van der Waals surface area contributed by atoms with Crippen molar-refractivity contribution in [2.45, 2.75) is 33.0 Å². The molecule has 20 heavy (non-hydrogen) atoms. The lowest BCUT2D eigenvalue weighted by Gasteiger charge is -2.26. The van der Waals surface area contributed by atoms with Gasteiger partial charge in [0.25, 0.3) is 0 Å². The molecule has 0 saturated heterocycles. The van der Waals surface area contributed by atoms with E-state index in [0.29, 0.717) is 12.6 Å². The van der Waals surface area contributed by atoms with Crippen LogP contribution in [0.3, 0.4) is 0 Å². The zero-order valence-electron chi connectivity index (χ0n) is 11.9. The lowest BCUT2D eigenvalue weighted by Crippen LogP contribution is -2.31. The van der Waals surface area contributed by atoms with E-state index in [4.69, 9.17) is 0 Å². The maximum Gasteiger partial charge on any atom is 0.339 e. The summed E-state index contributed by atoms with van der Waals surface area (Å²) in [7, 11) is 1.78. The van der Waals surface area contributed by atoms with E-state index in [0.717, 1.165) is 12.2 Å². The summed E-state index contributed by atoms with van der Waals surface area (Å²) in [6.07, 6.45) is 1.42. The smallest absolute Gasteiger partial charge is 0.339 e. The molecule has 2 aromatic rings. The number of nitrogens with zero attached hydrogens (tertiary/aromatic N) is 3. The highest BCUT2D eigenvalue weighted by Gasteiger charge is 2.19. The molecule has 0 unspecified atom stereocenters. The van der Waals surface area contributed by atoms with Crippen LogP contribution in [0.2, 0.25) is 0 Å². The van der Waals surface area contributed by atoms with Crippen molar-refractivity contribution in [2.24, 2.45) is 7.05 Å². The molecule has 0 saturated carbocycles. The van der Waals surface area contributed by atoms with E-state index in [2.05, 4.69) is 35.3 Å². The van der Waals surface area contributed by atoms with Gasteiger partial charge in [0.05, 0.1) is 11.9 Å². The fraction of sp³-hybridized carbons (Fsp3) is 0.429. The van der Waals surface area contributed by atoms with Crippen LogP contribution in [0.1, 0.15) is 34.8 Å². The first kappa shape index (κ1) is 14.7. The molecule has 0 radical (unpaired) electrons. The Morgan fingerprint density at radius 2 is 2.25 bits per heavy atom. The summed E-state index contributed by atoms with van der Waals surface area (Å²) in [5.74, 6) is -0.923. The second kappa shape index (κ2) is 6.19. The number of hydrogen-bond acceptors (Lipinski definition) is 4. The fourth-order valence-corrected chi connectivity index (χ4v) is 2.77. The highest BCUT2D eigenvalue weighted by Crippen LogP contribution is 2.18. The standard InChI is InChI=1S/C14H19N3O2S/c1-10(2)17(8-11-5-4-6-20-11)9-13-12(14(18)19)7-15-16(13)3/h4-7,10H,8-9H2,1-3H3,(H,18,19). The number of rotatable bonds is 6. The van der Waals surface area contributed by atoms with Gasteiger partial charge in [0.1, 0.15) is 5.56 Å². The molecular formula is C14H19N3O2S. The Morgan fingerprint density at radius 3 is 2.80 bits per heavy atom. The van der Waals surface area contributed by atoms with Crippen molar-refractivity contribution in [3.63, 3.8) is 0 Å². The highest BCUT2D eigenvalue weighted by atomic mass is 32.1. The number of hydrogen-bond donors (Lipinski definition) is 1. The van der Waals surface area contributed by atoms with Gasteiger partial charge in [-0.2, -0.15) is 5.10 Å². The van der Waals surface area contributed by atoms with E-state index in [1.807, 2.05) is 6.07 Å². The highest BCUT2D eigenvalue weighted by molar-refractivity contribution is 7.09. The predicted octanol–water partition coefficient (Wildman–Crippen LogP) is 2.59. The Labute approximate surface area is 122 Å². The number of aromatic carboxylic acids is 1. The molecule has 108 valence electrons. The van der Waals surface area contributed by atoms with E-state index in [-0.39, 0.29) is 5.56 Å². The first-order valence-electron chi connectivity index (χ1n) is 6.49. The van der Waals surface area contributed by atoms with E-state index in [9.17, 15) is 9.90 Å². The molecule has 0 aromatic carbocycles. The number of aryl methyl sites for hydroxylation is 1. The summed E-state index contributed by atoms with van der Waals surface area (Å²) in [5, 5.41) is 15.3. The predicted molar refractivity (Wildman–Crippen MR) is 78.9 cm³/mol. The van der Waals surface area contributed by atoms with Crippen molar-refractivity contribution in [3.8, 4) is 0 Å². The molecule has 2 rings (SSSR count). The van der Waals surface area contributed by atoms with Crippen LogP contribution in [-0.4, -0.2) is 31.8 Å². The molecule has 0 aliphatic carbocycles. The Balaban J connectivity index is 2.20. The van der Waals surface area contributed by atoms with Crippen molar-refractivity contribution in [2.75, 3.05) is 0 Å². The van der Waals surface area contributed by atoms with Gasteiger partial charge in [-0.15, -0.1) is 11.3 Å². The van der Waals surface area contributed by atoms with Crippen molar-refractivity contribution < 1.29 is 9.90 Å². The zero-order valence-corrected chi connectivity index (χ0v) is 12.7. The average Bonchev–Trinajstić information content (AvgIpc) is 2.99. The van der Waals surface area contributed by atoms with Gasteiger partial charge < -0.3 is 5.11 Å². The van der Waals surface area contributed by atoms with E-state index in [1.54, 1.807) is 23.1 Å². The molecule has 1 N–H and O–H groups in total. The van der Waals surface area contributed by atoms with Crippen LogP contribution in [-0.2, 0) is 20.1 Å². The molecular weight excluding hydrogens is 274 g/mol. The SMILES string of the molecule is CC(C)N(Cc1cccs1)Cc1c(C(=O)O)cnn1C. The van der Waals surface area contributed by atoms with Gasteiger partial charge in [-0.1, -0.05) is 6.07 Å². The third-order valence-corrected chi connectivity index (χ3v) is 4.18. The summed E-state index contributed by atoms with van der Waals surface area (Å²) >= 11 is 1.72. The first-order chi connectivity index (χ1) is 9.49. The summed E-state index contributed by atoms with van der Waals surface area (Å²) in [4.78, 5) is 14.8. The topological polar surface area (TPSA) is 58.4 Å². The lowest BCUT2D eigenvalue weighted by molar-refractivity contribution is 0.0693. The summed E-state index contributed by atoms with van der Waals surface area (Å²) in [6, 6.07) is 4.46. The van der Waals surface area contributed by atoms with Crippen molar-refractivity contribution in [1.82, 2.24) is 14.7 Å². The molecule has 0 aliphatic rings. The Morgan fingerprint density at radius 1 is 1.50 bits per heavy atom. The fourth-order valence-electron chi connectivity index (χ4n) is 2.05. The minimum Gasteiger partial charge on any atom is -0.478 e. The number of aromatic nitrogens is 2. The lowest BCUT2D eigenvalue weighted by atomic mass is 10.2. The Bertz CT molecular complexity index is 575. The number of thiophene rings is 1. The maximum absolute atomic E-state index is 11.2. The Hall–Kier alpha value is -1.66. The minimum absolute atomic E-state index is 0.282. The molecule has 0 aliphatic heterocycles. The third-order valence-electron chi connectivity index (χ3n) is 3.31. The molecule has 0 bridgehead atoms. The normalized spacial score (nSPS) is 11.4. The average molecular weight is 293 g/mol. The second-order valence-electron chi connectivity index (χ2n) is 5.01. The van der Waals surface area contributed by atoms with Gasteiger partial charge in [0, 0.05) is 31.1 Å². The number of carboxylic acid groups (broad SMARTS) is 1. The van der Waals surface area contributed by atoms with Gasteiger partial charge in [-0.05, 0) is 25.3 Å². The summed E-state index contributed by atoms with van der Waals surface area (Å²) < 4.78 is 1.65. The molecule has 0 spiro atoms. The van der Waals surface area contributed by atoms with Crippen LogP contribution in [0.5, 0.6) is 0 Å². The van der Waals surface area contributed by atoms with Crippen LogP contribution >= 0.6 is 11.3 Å². The third kappa shape index (κ3) is 3.26. The van der Waals surface area contributed by atoms with Crippen LogP contribution in [0.4, 0.5) is 0 Å². The molecule has 0 atom stereocenters. The van der Waals surface area contributed by atoms with Gasteiger partial charge >= 0.3 is 5.97 Å². The van der Waals surface area contributed by atoms with E-state index in [1.165, 1.54) is 11.1 Å². The molecule has 5 nitrogen and oxygen atoms in total. The van der Waals surface area contributed by atoms with Gasteiger partial charge in [0.15, 0.2) is 0 Å². The first-order valence-corrected chi connectivity index (χ1v) is 7.37. The largest absolute Gasteiger partial charge is 0.478 e. The molecule has 6 heteroatoms. The second-order valence-corrected chi connectivity index (χ2v) is 6.04. The van der Waals surface area contributed by atoms with Gasteiger partial charge in [-0.25, -0.2) is 4.79 Å². The number of carbonyl (C=O) groups is 1. The molecule has 0 fully saturated rings.